The van der Waals surface area contributed by atoms with Crippen LogP contribution in [0.2, 0.25) is 0 Å². The zero-order valence-corrected chi connectivity index (χ0v) is 12.5. The van der Waals surface area contributed by atoms with E-state index in [4.69, 9.17) is 5.73 Å². The number of thiophene rings is 1. The number of nitrogens with one attached hydrogen (secondary N) is 1. The van der Waals surface area contributed by atoms with Crippen LogP contribution in [0, 0.1) is 6.92 Å². The molecule has 0 saturated heterocycles. The normalized spacial score (nSPS) is 10.8. The van der Waals surface area contributed by atoms with Crippen molar-refractivity contribution in [3.8, 4) is 0 Å². The summed E-state index contributed by atoms with van der Waals surface area (Å²) in [5, 5.41) is 3.44. The Bertz CT molecular complexity index is 776. The lowest BCUT2D eigenvalue weighted by molar-refractivity contribution is 0.0951. The number of carbonyl (C=O) groups excluding carboxylic acids is 1. The van der Waals surface area contributed by atoms with Gasteiger partial charge in [-0.25, -0.2) is 4.98 Å². The van der Waals surface area contributed by atoms with Crippen molar-refractivity contribution in [2.75, 3.05) is 5.73 Å². The Morgan fingerprint density at radius 2 is 2.15 bits per heavy atom. The molecule has 4 nitrogen and oxygen atoms in total. The zero-order valence-electron chi connectivity index (χ0n) is 10.8. The van der Waals surface area contributed by atoms with E-state index in [0.717, 1.165) is 15.1 Å². The highest BCUT2D eigenvalue weighted by atomic mass is 32.1. The summed E-state index contributed by atoms with van der Waals surface area (Å²) in [4.78, 5) is 18.7. The van der Waals surface area contributed by atoms with Crippen LogP contribution >= 0.6 is 22.7 Å². The zero-order chi connectivity index (χ0) is 14.1. The van der Waals surface area contributed by atoms with Gasteiger partial charge in [-0.2, -0.15) is 0 Å². The first-order valence-corrected chi connectivity index (χ1v) is 7.75. The molecule has 1 amide bonds. The molecule has 0 aliphatic heterocycles. The molecule has 3 rings (SSSR count). The first-order chi connectivity index (χ1) is 9.61. The van der Waals surface area contributed by atoms with Gasteiger partial charge in [-0.1, -0.05) is 11.3 Å². The molecule has 3 N–H and O–H groups in total. The van der Waals surface area contributed by atoms with Gasteiger partial charge in [-0.05, 0) is 37.3 Å². The summed E-state index contributed by atoms with van der Waals surface area (Å²) < 4.78 is 0.933. The molecule has 2 heterocycles. The molecular formula is C14H13N3OS2. The number of nitrogens with zero attached hydrogens (tertiary/aromatic N) is 1. The van der Waals surface area contributed by atoms with E-state index in [0.29, 0.717) is 17.2 Å². The molecular weight excluding hydrogens is 290 g/mol. The minimum absolute atomic E-state index is 0.0788. The molecule has 0 radical (unpaired) electrons. The second kappa shape index (κ2) is 5.22. The van der Waals surface area contributed by atoms with E-state index in [1.807, 2.05) is 18.2 Å². The lowest BCUT2D eigenvalue weighted by Crippen LogP contribution is -2.22. The van der Waals surface area contributed by atoms with Crippen LogP contribution in [0.1, 0.15) is 20.1 Å². The van der Waals surface area contributed by atoms with E-state index in [-0.39, 0.29) is 5.91 Å². The number of hydrogen-bond donors (Lipinski definition) is 2. The van der Waals surface area contributed by atoms with Crippen molar-refractivity contribution in [1.82, 2.24) is 10.3 Å². The minimum Gasteiger partial charge on any atom is -0.375 e. The molecule has 0 aliphatic rings. The third-order valence-electron chi connectivity index (χ3n) is 2.89. The average Bonchev–Trinajstić information content (AvgIpc) is 2.99. The number of hydrogen-bond acceptors (Lipinski definition) is 5. The fourth-order valence-corrected chi connectivity index (χ4v) is 3.54. The molecule has 102 valence electrons. The number of amides is 1. The van der Waals surface area contributed by atoms with Gasteiger partial charge in [0.1, 0.15) is 0 Å². The third-order valence-corrected chi connectivity index (χ3v) is 4.73. The fourth-order valence-electron chi connectivity index (χ4n) is 1.93. The number of nitrogens with two attached hydrogens (primary N) is 1. The molecule has 0 atom stereocenters. The number of nitrogen functional groups attached to an aromatic ring is 1. The van der Waals surface area contributed by atoms with Crippen LogP contribution in [-0.2, 0) is 6.54 Å². The Hall–Kier alpha value is -1.92. The van der Waals surface area contributed by atoms with Crippen LogP contribution < -0.4 is 11.1 Å². The number of carbonyl (C=O) groups is 1. The van der Waals surface area contributed by atoms with E-state index in [1.165, 1.54) is 16.2 Å². The van der Waals surface area contributed by atoms with E-state index in [9.17, 15) is 4.79 Å². The summed E-state index contributed by atoms with van der Waals surface area (Å²) >= 11 is 3.08. The standard InChI is InChI=1S/C14H13N3OS2/c1-8-2-4-10(19-8)7-16-13(18)9-3-5-11-12(6-9)20-14(15)17-11/h2-6H,7H2,1H3,(H2,15,17)(H,16,18). The summed E-state index contributed by atoms with van der Waals surface area (Å²) in [6, 6.07) is 9.52. The van der Waals surface area contributed by atoms with Gasteiger partial charge in [0.25, 0.3) is 5.91 Å². The molecule has 0 bridgehead atoms. The summed E-state index contributed by atoms with van der Waals surface area (Å²) in [5.74, 6) is -0.0788. The van der Waals surface area contributed by atoms with Crippen molar-refractivity contribution in [2.45, 2.75) is 13.5 Å². The van der Waals surface area contributed by atoms with Crippen LogP contribution in [0.15, 0.2) is 30.3 Å². The van der Waals surface area contributed by atoms with E-state index >= 15 is 0 Å². The molecule has 6 heteroatoms. The van der Waals surface area contributed by atoms with Gasteiger partial charge < -0.3 is 11.1 Å². The molecule has 0 fully saturated rings. The van der Waals surface area contributed by atoms with E-state index in [2.05, 4.69) is 23.3 Å². The number of benzene rings is 1. The van der Waals surface area contributed by atoms with Crippen molar-refractivity contribution >= 4 is 43.9 Å². The first kappa shape index (κ1) is 13.1. The van der Waals surface area contributed by atoms with Gasteiger partial charge in [0.05, 0.1) is 16.8 Å². The molecule has 3 aromatic rings. The second-order valence-corrected chi connectivity index (χ2v) is 6.86. The Labute approximate surface area is 124 Å². The number of anilines is 1. The molecule has 1 aromatic carbocycles. The van der Waals surface area contributed by atoms with Gasteiger partial charge in [0.2, 0.25) is 0 Å². The van der Waals surface area contributed by atoms with Crippen LogP contribution in [0.5, 0.6) is 0 Å². The molecule has 2 aromatic heterocycles. The largest absolute Gasteiger partial charge is 0.375 e. The van der Waals surface area contributed by atoms with Gasteiger partial charge >= 0.3 is 0 Å². The SMILES string of the molecule is Cc1ccc(CNC(=O)c2ccc3nc(N)sc3c2)s1. The van der Waals surface area contributed by atoms with Crippen LogP contribution in [0.25, 0.3) is 10.2 Å². The maximum Gasteiger partial charge on any atom is 0.251 e. The van der Waals surface area contributed by atoms with Crippen LogP contribution in [-0.4, -0.2) is 10.9 Å². The predicted octanol–water partition coefficient (Wildman–Crippen LogP) is 3.18. The van der Waals surface area contributed by atoms with Crippen LogP contribution in [0.3, 0.4) is 0 Å². The highest BCUT2D eigenvalue weighted by molar-refractivity contribution is 7.22. The van der Waals surface area contributed by atoms with Crippen molar-refractivity contribution in [1.29, 1.82) is 0 Å². The Morgan fingerprint density at radius 1 is 1.30 bits per heavy atom. The van der Waals surface area contributed by atoms with Crippen molar-refractivity contribution in [3.63, 3.8) is 0 Å². The highest BCUT2D eigenvalue weighted by Crippen LogP contribution is 2.24. The quantitative estimate of drug-likeness (QED) is 0.781. The lowest BCUT2D eigenvalue weighted by Gasteiger charge is -2.03. The molecule has 0 spiro atoms. The summed E-state index contributed by atoms with van der Waals surface area (Å²) in [6.07, 6.45) is 0. The number of aromatic nitrogens is 1. The number of fused-ring (bicyclic) bond motifs is 1. The maximum atomic E-state index is 12.1. The molecule has 0 unspecified atom stereocenters. The van der Waals surface area contributed by atoms with E-state index in [1.54, 1.807) is 17.4 Å². The third kappa shape index (κ3) is 2.66. The van der Waals surface area contributed by atoms with Gasteiger partial charge in [0, 0.05) is 15.3 Å². The van der Waals surface area contributed by atoms with Gasteiger partial charge in [-0.3, -0.25) is 4.79 Å². The van der Waals surface area contributed by atoms with Gasteiger partial charge in [-0.15, -0.1) is 11.3 Å². The number of thiazole rings is 1. The van der Waals surface area contributed by atoms with Crippen molar-refractivity contribution < 1.29 is 4.79 Å². The average molecular weight is 303 g/mol. The van der Waals surface area contributed by atoms with Crippen molar-refractivity contribution in [2.24, 2.45) is 0 Å². The lowest BCUT2D eigenvalue weighted by atomic mass is 10.2. The number of aryl methyl sites for hydroxylation is 1. The Morgan fingerprint density at radius 3 is 2.90 bits per heavy atom. The summed E-state index contributed by atoms with van der Waals surface area (Å²) in [5.41, 5.74) is 7.13. The fraction of sp³-hybridized carbons (Fsp3) is 0.143. The highest BCUT2D eigenvalue weighted by Gasteiger charge is 2.09. The Kier molecular flexibility index (Phi) is 3.42. The van der Waals surface area contributed by atoms with Crippen LogP contribution in [0.4, 0.5) is 5.13 Å². The summed E-state index contributed by atoms with van der Waals surface area (Å²) in [7, 11) is 0. The smallest absolute Gasteiger partial charge is 0.251 e. The molecule has 0 saturated carbocycles. The maximum absolute atomic E-state index is 12.1. The first-order valence-electron chi connectivity index (χ1n) is 6.11. The predicted molar refractivity (Wildman–Crippen MR) is 84.3 cm³/mol. The van der Waals surface area contributed by atoms with Gasteiger partial charge in [0.15, 0.2) is 5.13 Å². The molecule has 20 heavy (non-hydrogen) atoms. The van der Waals surface area contributed by atoms with E-state index < -0.39 is 0 Å². The Balaban J connectivity index is 1.74. The number of rotatable bonds is 3. The second-order valence-electron chi connectivity index (χ2n) is 4.43. The van der Waals surface area contributed by atoms with Crippen molar-refractivity contribution in [3.05, 3.63) is 45.6 Å². The summed E-state index contributed by atoms with van der Waals surface area (Å²) in [6.45, 7) is 2.61. The monoisotopic (exact) mass is 303 g/mol. The topological polar surface area (TPSA) is 68.0 Å². The molecule has 0 aliphatic carbocycles. The minimum atomic E-state index is -0.0788.